The molecule has 1 N–H and O–H groups in total. The third-order valence-corrected chi connectivity index (χ3v) is 5.01. The Hall–Kier alpha value is -0.640. The summed E-state index contributed by atoms with van der Waals surface area (Å²) in [5.74, 6) is 0. The van der Waals surface area contributed by atoms with E-state index in [1.807, 2.05) is 12.2 Å². The van der Waals surface area contributed by atoms with E-state index in [1.165, 1.54) is 77.0 Å². The molecule has 0 atom stereocenters. The number of hydrogen-bond donors (Lipinski definition) is 1. The van der Waals surface area contributed by atoms with Crippen LogP contribution < -0.4 is 0 Å². The molecule has 0 unspecified atom stereocenters. The zero-order chi connectivity index (χ0) is 20.5. The SMILES string of the molecule is C=CCCCCCCCCCOCC(O)COCCCCCCCCCC=C. The number of aliphatic hydroxyl groups is 1. The maximum absolute atomic E-state index is 9.87. The topological polar surface area (TPSA) is 38.7 Å². The first-order valence-corrected chi connectivity index (χ1v) is 11.9. The average Bonchev–Trinajstić information content (AvgIpc) is 2.70. The number of allylic oxidation sites excluding steroid dienone is 2. The van der Waals surface area contributed by atoms with E-state index in [9.17, 15) is 5.11 Å². The van der Waals surface area contributed by atoms with Crippen LogP contribution in [0.25, 0.3) is 0 Å². The zero-order valence-corrected chi connectivity index (χ0v) is 18.6. The highest BCUT2D eigenvalue weighted by atomic mass is 16.5. The minimum atomic E-state index is -0.491. The first kappa shape index (κ1) is 27.4. The number of ether oxygens (including phenoxy) is 2. The van der Waals surface area contributed by atoms with E-state index in [2.05, 4.69) is 13.2 Å². The molecule has 0 aromatic carbocycles. The average molecular weight is 397 g/mol. The third-order valence-electron chi connectivity index (χ3n) is 5.01. The van der Waals surface area contributed by atoms with Gasteiger partial charge in [0.25, 0.3) is 0 Å². The van der Waals surface area contributed by atoms with Gasteiger partial charge in [0.1, 0.15) is 6.10 Å². The Balaban J connectivity index is 3.14. The minimum absolute atomic E-state index is 0.395. The Bertz CT molecular complexity index is 287. The van der Waals surface area contributed by atoms with Crippen LogP contribution in [-0.4, -0.2) is 37.6 Å². The van der Waals surface area contributed by atoms with Crippen molar-refractivity contribution in [2.24, 2.45) is 0 Å². The lowest BCUT2D eigenvalue weighted by Gasteiger charge is -2.12. The van der Waals surface area contributed by atoms with E-state index in [4.69, 9.17) is 9.47 Å². The van der Waals surface area contributed by atoms with Gasteiger partial charge in [0.2, 0.25) is 0 Å². The number of unbranched alkanes of at least 4 members (excludes halogenated alkanes) is 14. The summed E-state index contributed by atoms with van der Waals surface area (Å²) in [6.45, 7) is 9.79. The van der Waals surface area contributed by atoms with Crippen LogP contribution in [-0.2, 0) is 9.47 Å². The molecule has 0 fully saturated rings. The van der Waals surface area contributed by atoms with Gasteiger partial charge in [-0.05, 0) is 38.5 Å². The van der Waals surface area contributed by atoms with Crippen molar-refractivity contribution in [3.63, 3.8) is 0 Å². The van der Waals surface area contributed by atoms with Crippen LogP contribution in [0.4, 0.5) is 0 Å². The maximum Gasteiger partial charge on any atom is 0.101 e. The lowest BCUT2D eigenvalue weighted by molar-refractivity contribution is -0.0201. The minimum Gasteiger partial charge on any atom is -0.388 e. The summed E-state index contributed by atoms with van der Waals surface area (Å²) >= 11 is 0. The van der Waals surface area contributed by atoms with Crippen molar-refractivity contribution in [3.8, 4) is 0 Å². The molecular weight excluding hydrogens is 348 g/mol. The van der Waals surface area contributed by atoms with Crippen molar-refractivity contribution in [3.05, 3.63) is 25.3 Å². The summed E-state index contributed by atoms with van der Waals surface area (Å²) in [7, 11) is 0. The first-order chi connectivity index (χ1) is 13.8. The molecule has 3 heteroatoms. The molecule has 0 rings (SSSR count). The van der Waals surface area contributed by atoms with Gasteiger partial charge in [-0.2, -0.15) is 0 Å². The summed E-state index contributed by atoms with van der Waals surface area (Å²) in [6, 6.07) is 0. The fraction of sp³-hybridized carbons (Fsp3) is 0.840. The van der Waals surface area contributed by atoms with Crippen molar-refractivity contribution >= 4 is 0 Å². The Morgan fingerprint density at radius 2 is 0.857 bits per heavy atom. The lowest BCUT2D eigenvalue weighted by Crippen LogP contribution is -2.22. The van der Waals surface area contributed by atoms with Gasteiger partial charge in [-0.3, -0.25) is 0 Å². The molecule has 3 nitrogen and oxygen atoms in total. The van der Waals surface area contributed by atoms with Crippen molar-refractivity contribution in [2.75, 3.05) is 26.4 Å². The second-order valence-corrected chi connectivity index (χ2v) is 7.91. The van der Waals surface area contributed by atoms with E-state index in [0.29, 0.717) is 13.2 Å². The highest BCUT2D eigenvalue weighted by molar-refractivity contribution is 4.66. The summed E-state index contributed by atoms with van der Waals surface area (Å²) < 4.78 is 11.1. The Morgan fingerprint density at radius 3 is 1.21 bits per heavy atom. The van der Waals surface area contributed by atoms with Crippen LogP contribution in [0.2, 0.25) is 0 Å². The fourth-order valence-electron chi connectivity index (χ4n) is 3.24. The second-order valence-electron chi connectivity index (χ2n) is 7.91. The fourth-order valence-corrected chi connectivity index (χ4v) is 3.24. The summed E-state index contributed by atoms with van der Waals surface area (Å²) in [5.41, 5.74) is 0. The van der Waals surface area contributed by atoms with Crippen LogP contribution in [0, 0.1) is 0 Å². The van der Waals surface area contributed by atoms with Crippen LogP contribution >= 0.6 is 0 Å². The zero-order valence-electron chi connectivity index (χ0n) is 18.6. The van der Waals surface area contributed by atoms with Crippen molar-refractivity contribution in [2.45, 2.75) is 109 Å². The molecule has 0 saturated heterocycles. The molecule has 0 spiro atoms. The van der Waals surface area contributed by atoms with Crippen LogP contribution in [0.5, 0.6) is 0 Å². The van der Waals surface area contributed by atoms with Gasteiger partial charge in [-0.25, -0.2) is 0 Å². The molecule has 0 radical (unpaired) electrons. The highest BCUT2D eigenvalue weighted by Crippen LogP contribution is 2.10. The van der Waals surface area contributed by atoms with Gasteiger partial charge in [0.15, 0.2) is 0 Å². The smallest absolute Gasteiger partial charge is 0.101 e. The molecule has 0 saturated carbocycles. The van der Waals surface area contributed by atoms with Crippen LogP contribution in [0.15, 0.2) is 25.3 Å². The monoisotopic (exact) mass is 396 g/mol. The molecule has 0 amide bonds. The van der Waals surface area contributed by atoms with Gasteiger partial charge in [0, 0.05) is 13.2 Å². The Morgan fingerprint density at radius 1 is 0.536 bits per heavy atom. The highest BCUT2D eigenvalue weighted by Gasteiger charge is 2.04. The molecule has 166 valence electrons. The molecule has 0 heterocycles. The Labute approximate surface area is 175 Å². The molecule has 0 aliphatic heterocycles. The van der Waals surface area contributed by atoms with E-state index in [0.717, 1.165) is 38.9 Å². The van der Waals surface area contributed by atoms with Crippen LogP contribution in [0.1, 0.15) is 103 Å². The summed E-state index contributed by atoms with van der Waals surface area (Å²) in [6.07, 6.45) is 23.6. The van der Waals surface area contributed by atoms with Crippen molar-refractivity contribution in [1.29, 1.82) is 0 Å². The van der Waals surface area contributed by atoms with Crippen molar-refractivity contribution < 1.29 is 14.6 Å². The van der Waals surface area contributed by atoms with E-state index < -0.39 is 6.10 Å². The lowest BCUT2D eigenvalue weighted by atomic mass is 10.1. The van der Waals surface area contributed by atoms with E-state index in [1.54, 1.807) is 0 Å². The van der Waals surface area contributed by atoms with E-state index >= 15 is 0 Å². The summed E-state index contributed by atoms with van der Waals surface area (Å²) in [4.78, 5) is 0. The quantitative estimate of drug-likeness (QED) is 0.141. The molecule has 0 aromatic rings. The van der Waals surface area contributed by atoms with Gasteiger partial charge < -0.3 is 14.6 Å². The maximum atomic E-state index is 9.87. The van der Waals surface area contributed by atoms with Crippen molar-refractivity contribution in [1.82, 2.24) is 0 Å². The standard InChI is InChI=1S/C25H48O3/c1-3-5-7-9-11-13-15-17-19-21-27-23-25(26)24-28-22-20-18-16-14-12-10-8-6-4-2/h3-4,25-26H,1-2,5-24H2. The number of hydrogen-bond acceptors (Lipinski definition) is 3. The molecular formula is C25H48O3. The van der Waals surface area contributed by atoms with E-state index in [-0.39, 0.29) is 0 Å². The predicted octanol–water partition coefficient (Wildman–Crippen LogP) is 6.99. The van der Waals surface area contributed by atoms with Gasteiger partial charge in [-0.15, -0.1) is 13.2 Å². The molecule has 0 aliphatic rings. The normalized spacial score (nSPS) is 11.2. The predicted molar refractivity (Wildman–Crippen MR) is 122 cm³/mol. The Kier molecular flexibility index (Phi) is 23.8. The van der Waals surface area contributed by atoms with Gasteiger partial charge in [-0.1, -0.05) is 76.4 Å². The second kappa shape index (κ2) is 24.4. The molecule has 0 bridgehead atoms. The summed E-state index contributed by atoms with van der Waals surface area (Å²) in [5, 5.41) is 9.87. The molecule has 0 aliphatic carbocycles. The number of rotatable bonds is 24. The largest absolute Gasteiger partial charge is 0.388 e. The number of aliphatic hydroxyl groups excluding tert-OH is 1. The molecule has 28 heavy (non-hydrogen) atoms. The third kappa shape index (κ3) is 23.4. The first-order valence-electron chi connectivity index (χ1n) is 11.9. The van der Waals surface area contributed by atoms with Crippen LogP contribution in [0.3, 0.4) is 0 Å². The van der Waals surface area contributed by atoms with Gasteiger partial charge >= 0.3 is 0 Å². The molecule has 0 aromatic heterocycles. The van der Waals surface area contributed by atoms with Gasteiger partial charge in [0.05, 0.1) is 13.2 Å².